The van der Waals surface area contributed by atoms with Gasteiger partial charge in [-0.25, -0.2) is 0 Å². The molecule has 0 radical (unpaired) electrons. The molecular weight excluding hydrogens is 540 g/mol. The normalized spacial score (nSPS) is 11.7. The second kappa shape index (κ2) is 9.63. The number of nitrogens with zero attached hydrogens (tertiary/aromatic N) is 4. The van der Waals surface area contributed by atoms with Gasteiger partial charge in [0.2, 0.25) is 0 Å². The molecule has 0 unspecified atom stereocenters. The van der Waals surface area contributed by atoms with Crippen molar-refractivity contribution in [1.82, 2.24) is 9.13 Å². The number of para-hydroxylation sites is 2. The van der Waals surface area contributed by atoms with E-state index in [2.05, 4.69) is 76.4 Å². The van der Waals surface area contributed by atoms with Gasteiger partial charge in [0, 0.05) is 38.5 Å². The summed E-state index contributed by atoms with van der Waals surface area (Å²) in [7, 11) is 0. The predicted molar refractivity (Wildman–Crippen MR) is 179 cm³/mol. The van der Waals surface area contributed by atoms with Crippen LogP contribution < -0.4 is 0 Å². The number of aromatic nitrogens is 2. The summed E-state index contributed by atoms with van der Waals surface area (Å²) >= 11 is 0. The Labute approximate surface area is 253 Å². The fourth-order valence-electron chi connectivity index (χ4n) is 6.69. The molecule has 5 heteroatoms. The van der Waals surface area contributed by atoms with Gasteiger partial charge in [0.05, 0.1) is 44.8 Å². The van der Waals surface area contributed by atoms with Gasteiger partial charge < -0.3 is 13.6 Å². The molecule has 0 aliphatic rings. The maximum absolute atomic E-state index is 9.81. The minimum absolute atomic E-state index is 0.510. The quantitative estimate of drug-likeness (QED) is 0.214. The first-order valence-electron chi connectivity index (χ1n) is 14.4. The smallest absolute Gasteiger partial charge is 0.153 e. The molecule has 0 amide bonds. The molecule has 0 bridgehead atoms. The molecule has 0 aliphatic carbocycles. The van der Waals surface area contributed by atoms with E-state index in [1.54, 1.807) is 6.07 Å². The number of benzene rings is 5. The lowest BCUT2D eigenvalue weighted by Crippen LogP contribution is -2.00. The van der Waals surface area contributed by atoms with Crippen molar-refractivity contribution < 1.29 is 4.42 Å². The first-order chi connectivity index (χ1) is 21.7. The summed E-state index contributed by atoms with van der Waals surface area (Å²) in [5.74, 6) is 0. The summed E-state index contributed by atoms with van der Waals surface area (Å²) in [6.07, 6.45) is 6.06. The van der Waals surface area contributed by atoms with E-state index in [1.165, 1.54) is 0 Å². The van der Waals surface area contributed by atoms with E-state index in [4.69, 9.17) is 4.42 Å². The van der Waals surface area contributed by atoms with Crippen molar-refractivity contribution >= 4 is 66.8 Å². The fraction of sp³-hybridized carbons (Fsp3) is 0.0256. The van der Waals surface area contributed by atoms with Gasteiger partial charge in [-0.05, 0) is 73.7 Å². The minimum atomic E-state index is 0.510. The summed E-state index contributed by atoms with van der Waals surface area (Å²) in [5, 5.41) is 24.5. The monoisotopic (exact) mass is 564 g/mol. The second-order valence-corrected chi connectivity index (χ2v) is 10.8. The zero-order valence-corrected chi connectivity index (χ0v) is 23.9. The number of furan rings is 1. The molecule has 5 nitrogen and oxygen atoms in total. The summed E-state index contributed by atoms with van der Waals surface area (Å²) < 4.78 is 10.8. The van der Waals surface area contributed by atoms with E-state index in [9.17, 15) is 10.5 Å². The van der Waals surface area contributed by atoms with E-state index in [0.29, 0.717) is 16.7 Å². The molecule has 8 aromatic rings. The Balaban J connectivity index is 1.49. The Morgan fingerprint density at radius 2 is 1.50 bits per heavy atom. The van der Waals surface area contributed by atoms with E-state index in [0.717, 1.165) is 71.7 Å². The van der Waals surface area contributed by atoms with Crippen LogP contribution >= 0.6 is 0 Å². The van der Waals surface area contributed by atoms with Crippen LogP contribution in [0.15, 0.2) is 114 Å². The van der Waals surface area contributed by atoms with Crippen LogP contribution in [0.25, 0.3) is 78.2 Å². The van der Waals surface area contributed by atoms with Crippen LogP contribution in [0.2, 0.25) is 0 Å². The second-order valence-electron chi connectivity index (χ2n) is 10.8. The van der Waals surface area contributed by atoms with Crippen LogP contribution in [-0.2, 0) is 0 Å². The van der Waals surface area contributed by atoms with E-state index < -0.39 is 0 Å². The van der Waals surface area contributed by atoms with Crippen LogP contribution in [0.4, 0.5) is 0 Å². The lowest BCUT2D eigenvalue weighted by Gasteiger charge is -2.14. The topological polar surface area (TPSA) is 70.6 Å². The molecule has 0 saturated heterocycles. The summed E-state index contributed by atoms with van der Waals surface area (Å²) in [6, 6.07) is 37.0. The molecule has 44 heavy (non-hydrogen) atoms. The highest BCUT2D eigenvalue weighted by Crippen LogP contribution is 2.42. The van der Waals surface area contributed by atoms with E-state index >= 15 is 0 Å². The standard InChI is InChI=1S/C39H24N4O/c1-3-9-33-28(4-2)30-17-19-36-37(31-14-7-10-25(23-41)39(31)44-36)38(30)43(33)27-12-8-11-26(21-27)42-34-15-6-5-13-29(34)32-20-24(22-40)16-18-35(32)42/h3-21H,2H2,1H3/b9-3-. The fourth-order valence-corrected chi connectivity index (χ4v) is 6.69. The lowest BCUT2D eigenvalue weighted by atomic mass is 10.1. The summed E-state index contributed by atoms with van der Waals surface area (Å²) in [4.78, 5) is 0. The van der Waals surface area contributed by atoms with Gasteiger partial charge in [-0.15, -0.1) is 0 Å². The van der Waals surface area contributed by atoms with Gasteiger partial charge in [0.1, 0.15) is 11.7 Å². The highest BCUT2D eigenvalue weighted by Gasteiger charge is 2.22. The number of rotatable bonds is 4. The van der Waals surface area contributed by atoms with E-state index in [1.807, 2.05) is 67.6 Å². The molecular formula is C39H24N4O. The molecule has 0 N–H and O–H groups in total. The Morgan fingerprint density at radius 1 is 0.727 bits per heavy atom. The van der Waals surface area contributed by atoms with Crippen LogP contribution in [0.1, 0.15) is 29.3 Å². The highest BCUT2D eigenvalue weighted by atomic mass is 16.3. The van der Waals surface area contributed by atoms with Crippen LogP contribution in [0.3, 0.4) is 0 Å². The molecule has 0 saturated carbocycles. The highest BCUT2D eigenvalue weighted by molar-refractivity contribution is 6.21. The van der Waals surface area contributed by atoms with Crippen molar-refractivity contribution in [3.8, 4) is 23.5 Å². The van der Waals surface area contributed by atoms with Gasteiger partial charge >= 0.3 is 0 Å². The number of nitriles is 2. The molecule has 8 rings (SSSR count). The number of allylic oxidation sites excluding steroid dienone is 1. The van der Waals surface area contributed by atoms with Crippen molar-refractivity contribution in [2.45, 2.75) is 6.92 Å². The van der Waals surface area contributed by atoms with Crippen molar-refractivity contribution in [2.75, 3.05) is 0 Å². The van der Waals surface area contributed by atoms with E-state index in [-0.39, 0.29) is 0 Å². The molecule has 206 valence electrons. The summed E-state index contributed by atoms with van der Waals surface area (Å²) in [6.45, 7) is 6.20. The molecule has 0 spiro atoms. The lowest BCUT2D eigenvalue weighted by molar-refractivity contribution is 0.668. The first kappa shape index (κ1) is 25.4. The van der Waals surface area contributed by atoms with Crippen molar-refractivity contribution in [2.24, 2.45) is 0 Å². The predicted octanol–water partition coefficient (Wildman–Crippen LogP) is 10.0. The van der Waals surface area contributed by atoms with Crippen molar-refractivity contribution in [3.63, 3.8) is 0 Å². The van der Waals surface area contributed by atoms with Crippen LogP contribution in [-0.4, -0.2) is 9.13 Å². The number of fused-ring (bicyclic) bond motifs is 8. The Bertz CT molecular complexity index is 2610. The SMILES string of the molecule is C=Cc1c(/C=C\C)n(-c2cccc(-n3c4ccccc4c4cc(C#N)ccc43)c2)c2c1ccc1oc3c(C#N)cccc3c12. The molecule has 3 aromatic heterocycles. The Morgan fingerprint density at radius 3 is 2.30 bits per heavy atom. The third-order valence-electron chi connectivity index (χ3n) is 8.46. The van der Waals surface area contributed by atoms with Gasteiger partial charge in [-0.1, -0.05) is 55.1 Å². The van der Waals surface area contributed by atoms with Crippen molar-refractivity contribution in [3.05, 3.63) is 132 Å². The number of hydrogen-bond acceptors (Lipinski definition) is 3. The maximum Gasteiger partial charge on any atom is 0.153 e. The third-order valence-corrected chi connectivity index (χ3v) is 8.46. The zero-order chi connectivity index (χ0) is 29.9. The molecule has 3 heterocycles. The minimum Gasteiger partial charge on any atom is -0.455 e. The van der Waals surface area contributed by atoms with Gasteiger partial charge in [-0.3, -0.25) is 0 Å². The number of hydrogen-bond donors (Lipinski definition) is 0. The Hall–Kier alpha value is -6.30. The molecule has 0 aliphatic heterocycles. The van der Waals surface area contributed by atoms with Crippen LogP contribution in [0.5, 0.6) is 0 Å². The molecule has 0 atom stereocenters. The zero-order valence-electron chi connectivity index (χ0n) is 23.9. The maximum atomic E-state index is 9.81. The largest absolute Gasteiger partial charge is 0.455 e. The van der Waals surface area contributed by atoms with Gasteiger partial charge in [0.15, 0.2) is 5.58 Å². The molecule has 5 aromatic carbocycles. The average Bonchev–Trinajstić information content (AvgIpc) is 3.71. The first-order valence-corrected chi connectivity index (χ1v) is 14.4. The Kier molecular flexibility index (Phi) is 5.56. The third kappa shape index (κ3) is 3.45. The van der Waals surface area contributed by atoms with Crippen molar-refractivity contribution in [1.29, 1.82) is 10.5 Å². The molecule has 0 fully saturated rings. The van der Waals surface area contributed by atoms with Gasteiger partial charge in [-0.2, -0.15) is 10.5 Å². The van der Waals surface area contributed by atoms with Gasteiger partial charge in [0.25, 0.3) is 0 Å². The summed E-state index contributed by atoms with van der Waals surface area (Å²) in [5.41, 5.74) is 9.58. The van der Waals surface area contributed by atoms with Crippen LogP contribution in [0, 0.1) is 22.7 Å². The average molecular weight is 565 g/mol.